The summed E-state index contributed by atoms with van der Waals surface area (Å²) < 4.78 is 0. The van der Waals surface area contributed by atoms with Gasteiger partial charge < -0.3 is 10.6 Å². The first kappa shape index (κ1) is 12.7. The predicted octanol–water partition coefficient (Wildman–Crippen LogP) is 3.19. The number of aromatic nitrogens is 2. The third kappa shape index (κ3) is 2.65. The highest BCUT2D eigenvalue weighted by Crippen LogP contribution is 2.24. The number of fused-ring (bicyclic) bond motifs is 1. The maximum Gasteiger partial charge on any atom is 0.221 e. The third-order valence-electron chi connectivity index (χ3n) is 2.95. The number of benzene rings is 1. The number of rotatable bonds is 4. The first-order chi connectivity index (χ1) is 9.72. The Morgan fingerprint density at radius 2 is 2.30 bits per heavy atom. The van der Waals surface area contributed by atoms with E-state index in [0.29, 0.717) is 6.54 Å². The topological polar surface area (TPSA) is 69.8 Å². The van der Waals surface area contributed by atoms with Gasteiger partial charge in [0.25, 0.3) is 0 Å². The van der Waals surface area contributed by atoms with Crippen molar-refractivity contribution in [3.05, 3.63) is 40.7 Å². The second-order valence-corrected chi connectivity index (χ2v) is 5.46. The molecule has 0 aliphatic rings. The molecule has 0 fully saturated rings. The molecule has 0 bridgehead atoms. The minimum Gasteiger partial charge on any atom is -0.380 e. The molecule has 5 nitrogen and oxygen atoms in total. The lowest BCUT2D eigenvalue weighted by atomic mass is 10.2. The Morgan fingerprint density at radius 3 is 3.15 bits per heavy atom. The Kier molecular flexibility index (Phi) is 3.39. The molecule has 1 aromatic carbocycles. The van der Waals surface area contributed by atoms with Crippen LogP contribution in [-0.4, -0.2) is 16.1 Å². The molecule has 6 heteroatoms. The van der Waals surface area contributed by atoms with Crippen LogP contribution in [0.1, 0.15) is 11.8 Å². The number of aromatic amines is 1. The highest BCUT2D eigenvalue weighted by molar-refractivity contribution is 7.10. The molecule has 102 valence electrons. The first-order valence-electron chi connectivity index (χ1n) is 6.23. The predicted molar refractivity (Wildman–Crippen MR) is 82.0 cm³/mol. The number of nitrogens with one attached hydrogen (secondary N) is 3. The monoisotopic (exact) mass is 286 g/mol. The van der Waals surface area contributed by atoms with Crippen molar-refractivity contribution >= 4 is 39.5 Å². The molecular weight excluding hydrogens is 272 g/mol. The zero-order valence-electron chi connectivity index (χ0n) is 10.9. The maximum absolute atomic E-state index is 11.1. The molecular formula is C14H14N4OS. The molecule has 0 spiro atoms. The van der Waals surface area contributed by atoms with E-state index in [9.17, 15) is 4.79 Å². The van der Waals surface area contributed by atoms with Gasteiger partial charge in [0, 0.05) is 22.9 Å². The Morgan fingerprint density at radius 1 is 1.40 bits per heavy atom. The van der Waals surface area contributed by atoms with Crippen LogP contribution in [0, 0.1) is 0 Å². The summed E-state index contributed by atoms with van der Waals surface area (Å²) in [6, 6.07) is 7.97. The van der Waals surface area contributed by atoms with Crippen LogP contribution in [-0.2, 0) is 11.3 Å². The van der Waals surface area contributed by atoms with Crippen molar-refractivity contribution in [2.45, 2.75) is 13.5 Å². The fraction of sp³-hybridized carbons (Fsp3) is 0.143. The van der Waals surface area contributed by atoms with Gasteiger partial charge in [0.15, 0.2) is 0 Å². The van der Waals surface area contributed by atoms with Gasteiger partial charge in [0.2, 0.25) is 5.91 Å². The molecule has 1 amide bonds. The molecule has 0 aliphatic heterocycles. The number of carbonyl (C=O) groups excluding carboxylic acids is 1. The largest absolute Gasteiger partial charge is 0.380 e. The van der Waals surface area contributed by atoms with E-state index < -0.39 is 0 Å². The molecule has 2 aromatic heterocycles. The summed E-state index contributed by atoms with van der Waals surface area (Å²) in [4.78, 5) is 12.2. The van der Waals surface area contributed by atoms with Crippen molar-refractivity contribution in [3.8, 4) is 0 Å². The normalized spacial score (nSPS) is 10.7. The molecule has 3 aromatic rings. The van der Waals surface area contributed by atoms with Gasteiger partial charge in [-0.25, -0.2) is 0 Å². The average molecular weight is 286 g/mol. The van der Waals surface area contributed by atoms with Crippen LogP contribution in [0.25, 0.3) is 10.9 Å². The Balaban J connectivity index is 1.72. The lowest BCUT2D eigenvalue weighted by Gasteiger charge is -2.07. The minimum atomic E-state index is -0.0514. The fourth-order valence-electron chi connectivity index (χ4n) is 2.01. The van der Waals surface area contributed by atoms with E-state index in [0.717, 1.165) is 27.2 Å². The number of amides is 1. The van der Waals surface area contributed by atoms with E-state index in [2.05, 4.69) is 20.8 Å². The van der Waals surface area contributed by atoms with E-state index >= 15 is 0 Å². The Labute approximate surface area is 120 Å². The molecule has 0 atom stereocenters. The summed E-state index contributed by atoms with van der Waals surface area (Å²) >= 11 is 1.62. The van der Waals surface area contributed by atoms with Crippen molar-refractivity contribution in [1.82, 2.24) is 10.2 Å². The average Bonchev–Trinajstić information content (AvgIpc) is 3.03. The van der Waals surface area contributed by atoms with Crippen LogP contribution >= 0.6 is 11.3 Å². The van der Waals surface area contributed by atoms with E-state index in [1.54, 1.807) is 17.5 Å². The van der Waals surface area contributed by atoms with Gasteiger partial charge in [0.1, 0.15) is 0 Å². The lowest BCUT2D eigenvalue weighted by molar-refractivity contribution is -0.114. The van der Waals surface area contributed by atoms with Crippen LogP contribution in [0.4, 0.5) is 11.4 Å². The smallest absolute Gasteiger partial charge is 0.221 e. The van der Waals surface area contributed by atoms with Crippen molar-refractivity contribution in [2.24, 2.45) is 0 Å². The summed E-state index contributed by atoms with van der Waals surface area (Å²) in [5, 5.41) is 16.2. The van der Waals surface area contributed by atoms with Crippen molar-refractivity contribution in [3.63, 3.8) is 0 Å². The summed E-state index contributed by atoms with van der Waals surface area (Å²) in [5.41, 5.74) is 2.92. The van der Waals surface area contributed by atoms with E-state index in [1.165, 1.54) is 6.92 Å². The van der Waals surface area contributed by atoms with Gasteiger partial charge in [-0.05, 0) is 29.6 Å². The van der Waals surface area contributed by atoms with Crippen LogP contribution < -0.4 is 10.6 Å². The molecule has 0 saturated carbocycles. The molecule has 0 radical (unpaired) electrons. The second-order valence-electron chi connectivity index (χ2n) is 4.46. The van der Waals surface area contributed by atoms with Crippen LogP contribution in [0.3, 0.4) is 0 Å². The third-order valence-corrected chi connectivity index (χ3v) is 3.87. The van der Waals surface area contributed by atoms with E-state index in [-0.39, 0.29) is 5.91 Å². The quantitative estimate of drug-likeness (QED) is 0.690. The van der Waals surface area contributed by atoms with E-state index in [4.69, 9.17) is 0 Å². The number of hydrogen-bond donors (Lipinski definition) is 3. The summed E-state index contributed by atoms with van der Waals surface area (Å²) in [6.07, 6.45) is 1.80. The van der Waals surface area contributed by atoms with Crippen LogP contribution in [0.15, 0.2) is 35.8 Å². The minimum absolute atomic E-state index is 0.0514. The zero-order valence-corrected chi connectivity index (χ0v) is 11.8. The van der Waals surface area contributed by atoms with E-state index in [1.807, 2.05) is 29.6 Å². The van der Waals surface area contributed by atoms with Crippen molar-refractivity contribution in [1.29, 1.82) is 0 Å². The standard InChI is InChI=1S/C14H14N4OS/c1-9(19)17-13-4-5-20-14(13)8-15-11-2-3-12-10(6-11)7-16-18-12/h2-7,15H,8H2,1H3,(H,16,18)(H,17,19). The number of nitrogens with zero attached hydrogens (tertiary/aromatic N) is 1. The van der Waals surface area contributed by atoms with Gasteiger partial charge in [0.05, 0.1) is 23.9 Å². The summed E-state index contributed by atoms with van der Waals surface area (Å²) in [6.45, 7) is 2.19. The number of hydrogen-bond acceptors (Lipinski definition) is 4. The molecule has 0 saturated heterocycles. The van der Waals surface area contributed by atoms with Gasteiger partial charge in [-0.1, -0.05) is 0 Å². The van der Waals surface area contributed by atoms with Crippen molar-refractivity contribution < 1.29 is 4.79 Å². The maximum atomic E-state index is 11.1. The highest BCUT2D eigenvalue weighted by Gasteiger charge is 2.06. The molecule has 3 rings (SSSR count). The van der Waals surface area contributed by atoms with Gasteiger partial charge in [-0.2, -0.15) is 5.10 Å². The van der Waals surface area contributed by atoms with Crippen LogP contribution in [0.5, 0.6) is 0 Å². The van der Waals surface area contributed by atoms with Gasteiger partial charge in [-0.3, -0.25) is 9.89 Å². The molecule has 0 unspecified atom stereocenters. The van der Waals surface area contributed by atoms with Crippen molar-refractivity contribution in [2.75, 3.05) is 10.6 Å². The summed E-state index contributed by atoms with van der Waals surface area (Å²) in [7, 11) is 0. The zero-order chi connectivity index (χ0) is 13.9. The number of thiophene rings is 1. The SMILES string of the molecule is CC(=O)Nc1ccsc1CNc1ccc2[nH]ncc2c1. The molecule has 0 aliphatic carbocycles. The molecule has 20 heavy (non-hydrogen) atoms. The van der Waals surface area contributed by atoms with Crippen LogP contribution in [0.2, 0.25) is 0 Å². The number of H-pyrrole nitrogens is 1. The molecule has 3 N–H and O–H groups in total. The molecule has 2 heterocycles. The Hall–Kier alpha value is -2.34. The number of carbonyl (C=O) groups is 1. The Bertz CT molecular complexity index is 746. The first-order valence-corrected chi connectivity index (χ1v) is 7.11. The lowest BCUT2D eigenvalue weighted by Crippen LogP contribution is -2.08. The highest BCUT2D eigenvalue weighted by atomic mass is 32.1. The number of anilines is 2. The van der Waals surface area contributed by atoms with Gasteiger partial charge >= 0.3 is 0 Å². The fourth-order valence-corrected chi connectivity index (χ4v) is 2.78. The van der Waals surface area contributed by atoms with Gasteiger partial charge in [-0.15, -0.1) is 11.3 Å². The summed E-state index contributed by atoms with van der Waals surface area (Å²) in [5.74, 6) is -0.0514. The second kappa shape index (κ2) is 5.34.